The molecule has 0 radical (unpaired) electrons. The Kier molecular flexibility index (Phi) is 7.43. The van der Waals surface area contributed by atoms with Crippen LogP contribution < -0.4 is 14.2 Å². The van der Waals surface area contributed by atoms with Gasteiger partial charge in [-0.3, -0.25) is 9.80 Å². The average Bonchev–Trinajstić information content (AvgIpc) is 3.61. The number of carbonyl (C=O) groups excluding carboxylic acids is 1. The Labute approximate surface area is 231 Å². The molecule has 1 aromatic heterocycles. The molecular weight excluding hydrogens is 514 g/mol. The minimum Gasteiger partial charge on any atom is -0.507 e. The number of hydrogen-bond acceptors (Lipinski definition) is 10. The quantitative estimate of drug-likeness (QED) is 0.305. The number of piperazine rings is 1. The zero-order valence-corrected chi connectivity index (χ0v) is 22.3. The summed E-state index contributed by atoms with van der Waals surface area (Å²) < 4.78 is 27.5. The van der Waals surface area contributed by atoms with E-state index in [-0.39, 0.29) is 25.1 Å². The second kappa shape index (κ2) is 11.4. The topological polar surface area (TPSA) is 107 Å². The van der Waals surface area contributed by atoms with Gasteiger partial charge in [-0.15, -0.1) is 0 Å². The van der Waals surface area contributed by atoms with Crippen LogP contribution in [0.5, 0.6) is 23.0 Å². The molecule has 0 saturated carbocycles. The molecule has 208 valence electrons. The standard InChI is InChI=1S/C30H31N3O7/c1-2-36-30(35)21-4-6-22(7-5-21)37-18-25-23-8-9-26(34)24(29(23)40-31-25)17-33-13-11-32(12-14-33)16-20-3-10-27-28(15-20)39-19-38-27/h3-10,15,34H,2,11-14,16-19H2,1H3. The molecule has 0 spiro atoms. The number of phenols is 1. The van der Waals surface area contributed by atoms with Gasteiger partial charge in [0.25, 0.3) is 0 Å². The summed E-state index contributed by atoms with van der Waals surface area (Å²) in [7, 11) is 0. The summed E-state index contributed by atoms with van der Waals surface area (Å²) in [5.74, 6) is 2.03. The van der Waals surface area contributed by atoms with Crippen LogP contribution in [-0.2, 0) is 24.4 Å². The van der Waals surface area contributed by atoms with Gasteiger partial charge in [0.1, 0.15) is 23.8 Å². The van der Waals surface area contributed by atoms with E-state index in [1.165, 1.54) is 5.56 Å². The molecule has 6 rings (SSSR count). The lowest BCUT2D eigenvalue weighted by Crippen LogP contribution is -2.45. The Hall–Kier alpha value is -4.28. The molecule has 10 heteroatoms. The highest BCUT2D eigenvalue weighted by atomic mass is 16.7. The van der Waals surface area contributed by atoms with Crippen LogP contribution in [0.4, 0.5) is 0 Å². The van der Waals surface area contributed by atoms with Crippen molar-refractivity contribution in [2.75, 3.05) is 39.6 Å². The number of aromatic nitrogens is 1. The number of aromatic hydroxyl groups is 1. The van der Waals surface area contributed by atoms with Gasteiger partial charge in [0.2, 0.25) is 6.79 Å². The van der Waals surface area contributed by atoms with E-state index in [1.54, 1.807) is 43.3 Å². The number of ether oxygens (including phenoxy) is 4. The summed E-state index contributed by atoms with van der Waals surface area (Å²) in [5, 5.41) is 15.7. The minimum absolute atomic E-state index is 0.188. The smallest absolute Gasteiger partial charge is 0.338 e. The third-order valence-corrected chi connectivity index (χ3v) is 7.22. The minimum atomic E-state index is -0.366. The van der Waals surface area contributed by atoms with E-state index in [0.29, 0.717) is 35.7 Å². The molecule has 40 heavy (non-hydrogen) atoms. The van der Waals surface area contributed by atoms with E-state index in [2.05, 4.69) is 27.1 Å². The molecule has 3 heterocycles. The van der Waals surface area contributed by atoms with Gasteiger partial charge in [0.15, 0.2) is 17.1 Å². The van der Waals surface area contributed by atoms with Crippen molar-refractivity contribution < 1.29 is 33.4 Å². The fraction of sp³-hybridized carbons (Fsp3) is 0.333. The number of hydrogen-bond donors (Lipinski definition) is 1. The molecule has 0 amide bonds. The van der Waals surface area contributed by atoms with Gasteiger partial charge >= 0.3 is 5.97 Å². The Morgan fingerprint density at radius 2 is 1.70 bits per heavy atom. The first-order chi connectivity index (χ1) is 19.6. The van der Waals surface area contributed by atoms with Gasteiger partial charge in [-0.25, -0.2) is 4.79 Å². The summed E-state index contributed by atoms with van der Waals surface area (Å²) >= 11 is 0. The monoisotopic (exact) mass is 545 g/mol. The van der Waals surface area contributed by atoms with Gasteiger partial charge < -0.3 is 28.6 Å². The molecule has 0 atom stereocenters. The molecule has 1 saturated heterocycles. The number of rotatable bonds is 9. The first-order valence-electron chi connectivity index (χ1n) is 13.4. The fourth-order valence-electron chi connectivity index (χ4n) is 5.04. The molecular formula is C30H31N3O7. The SMILES string of the molecule is CCOC(=O)c1ccc(OCc2noc3c(CN4CCN(Cc5ccc6c(c5)OCO6)CC4)c(O)ccc23)cc1. The largest absolute Gasteiger partial charge is 0.507 e. The van der Waals surface area contributed by atoms with Gasteiger partial charge in [-0.05, 0) is 61.0 Å². The summed E-state index contributed by atoms with van der Waals surface area (Å²) in [6.07, 6.45) is 0. The number of phenolic OH excluding ortho intramolecular Hbond substituents is 1. The predicted molar refractivity (Wildman–Crippen MR) is 146 cm³/mol. The summed E-state index contributed by atoms with van der Waals surface area (Å²) in [5.41, 5.74) is 3.60. The zero-order valence-electron chi connectivity index (χ0n) is 22.3. The van der Waals surface area contributed by atoms with Crippen molar-refractivity contribution in [2.45, 2.75) is 26.6 Å². The molecule has 3 aromatic carbocycles. The molecule has 4 aromatic rings. The number of fused-ring (bicyclic) bond motifs is 2. The number of benzene rings is 3. The first kappa shape index (κ1) is 26.0. The van der Waals surface area contributed by atoms with Gasteiger partial charge in [-0.1, -0.05) is 11.2 Å². The van der Waals surface area contributed by atoms with Crippen LogP contribution in [0.1, 0.15) is 34.1 Å². The first-order valence-corrected chi connectivity index (χ1v) is 13.4. The van der Waals surface area contributed by atoms with Crippen LogP contribution in [0.15, 0.2) is 59.1 Å². The van der Waals surface area contributed by atoms with Crippen molar-refractivity contribution >= 4 is 16.9 Å². The summed E-state index contributed by atoms with van der Waals surface area (Å²) in [6.45, 7) is 7.54. The Bertz CT molecular complexity index is 1490. The van der Waals surface area contributed by atoms with Crippen molar-refractivity contribution in [1.82, 2.24) is 15.0 Å². The molecule has 10 nitrogen and oxygen atoms in total. The molecule has 0 aliphatic carbocycles. The maximum absolute atomic E-state index is 11.9. The van der Waals surface area contributed by atoms with E-state index in [0.717, 1.165) is 55.2 Å². The predicted octanol–water partition coefficient (Wildman–Crippen LogP) is 4.34. The lowest BCUT2D eigenvalue weighted by atomic mass is 10.1. The summed E-state index contributed by atoms with van der Waals surface area (Å²) in [6, 6.07) is 16.4. The highest BCUT2D eigenvalue weighted by Crippen LogP contribution is 2.34. The molecule has 2 aliphatic rings. The zero-order chi connectivity index (χ0) is 27.5. The second-order valence-electron chi connectivity index (χ2n) is 9.84. The third kappa shape index (κ3) is 5.54. The van der Waals surface area contributed by atoms with Crippen molar-refractivity contribution in [3.8, 4) is 23.0 Å². The van der Waals surface area contributed by atoms with Crippen LogP contribution in [-0.4, -0.2) is 65.6 Å². The van der Waals surface area contributed by atoms with E-state index in [9.17, 15) is 9.90 Å². The van der Waals surface area contributed by atoms with E-state index >= 15 is 0 Å². The average molecular weight is 546 g/mol. The van der Waals surface area contributed by atoms with Crippen LogP contribution in [0, 0.1) is 0 Å². The Morgan fingerprint density at radius 3 is 2.48 bits per heavy atom. The third-order valence-electron chi connectivity index (χ3n) is 7.22. The maximum Gasteiger partial charge on any atom is 0.338 e. The molecule has 2 aliphatic heterocycles. The van der Waals surface area contributed by atoms with Crippen molar-refractivity contribution in [2.24, 2.45) is 0 Å². The molecule has 1 N–H and O–H groups in total. The van der Waals surface area contributed by atoms with Crippen molar-refractivity contribution in [3.05, 3.63) is 77.0 Å². The summed E-state index contributed by atoms with van der Waals surface area (Å²) in [4.78, 5) is 16.6. The molecule has 0 bridgehead atoms. The number of nitrogens with zero attached hydrogens (tertiary/aromatic N) is 3. The lowest BCUT2D eigenvalue weighted by molar-refractivity contribution is 0.0526. The normalized spacial score (nSPS) is 15.4. The van der Waals surface area contributed by atoms with Crippen molar-refractivity contribution in [1.29, 1.82) is 0 Å². The van der Waals surface area contributed by atoms with Gasteiger partial charge in [0.05, 0.1) is 17.7 Å². The highest BCUT2D eigenvalue weighted by molar-refractivity contribution is 5.89. The van der Waals surface area contributed by atoms with Crippen LogP contribution in [0.25, 0.3) is 11.0 Å². The van der Waals surface area contributed by atoms with E-state index in [1.807, 2.05) is 6.07 Å². The molecule has 1 fully saturated rings. The second-order valence-corrected chi connectivity index (χ2v) is 9.84. The van der Waals surface area contributed by atoms with Crippen LogP contribution >= 0.6 is 0 Å². The van der Waals surface area contributed by atoms with E-state index < -0.39 is 0 Å². The van der Waals surface area contributed by atoms with E-state index in [4.69, 9.17) is 23.5 Å². The van der Waals surface area contributed by atoms with Crippen LogP contribution in [0.2, 0.25) is 0 Å². The van der Waals surface area contributed by atoms with Crippen LogP contribution in [0.3, 0.4) is 0 Å². The van der Waals surface area contributed by atoms with Crippen molar-refractivity contribution in [3.63, 3.8) is 0 Å². The number of esters is 1. The van der Waals surface area contributed by atoms with Gasteiger partial charge in [0, 0.05) is 44.7 Å². The maximum atomic E-state index is 11.9. The Morgan fingerprint density at radius 1 is 0.950 bits per heavy atom. The van der Waals surface area contributed by atoms with Gasteiger partial charge in [-0.2, -0.15) is 0 Å². The molecule has 0 unspecified atom stereocenters. The fourth-order valence-corrected chi connectivity index (χ4v) is 5.04. The lowest BCUT2D eigenvalue weighted by Gasteiger charge is -2.34. The highest BCUT2D eigenvalue weighted by Gasteiger charge is 2.23. The Balaban J connectivity index is 1.06. The number of carbonyl (C=O) groups is 1.